The van der Waals surface area contributed by atoms with Gasteiger partial charge in [0.05, 0.1) is 4.88 Å². The molecule has 0 aliphatic carbocycles. The van der Waals surface area contributed by atoms with Crippen molar-refractivity contribution >= 4 is 27.2 Å². The lowest BCUT2D eigenvalue weighted by Crippen LogP contribution is -1.94. The summed E-state index contributed by atoms with van der Waals surface area (Å²) < 4.78 is 1.21. The summed E-state index contributed by atoms with van der Waals surface area (Å²) >= 11 is 1.61. The Morgan fingerprint density at radius 3 is 2.71 bits per heavy atom. The van der Waals surface area contributed by atoms with Crippen LogP contribution < -0.4 is 0 Å². The van der Waals surface area contributed by atoms with Gasteiger partial charge >= 0.3 is 0 Å². The molecule has 0 atom stereocenters. The fraction of sp³-hybridized carbons (Fsp3) is 0.250. The highest BCUT2D eigenvalue weighted by molar-refractivity contribution is 7.21. The van der Waals surface area contributed by atoms with Gasteiger partial charge in [-0.15, -0.1) is 11.3 Å². The Morgan fingerprint density at radius 1 is 1.36 bits per heavy atom. The normalized spacial score (nSPS) is 10.7. The molecule has 1 heterocycles. The topological polar surface area (TPSA) is 17.1 Å². The molecule has 1 aromatic carbocycles. The van der Waals surface area contributed by atoms with E-state index in [1.165, 1.54) is 10.1 Å². The molecule has 2 rings (SSSR count). The van der Waals surface area contributed by atoms with Crippen molar-refractivity contribution in [2.75, 3.05) is 0 Å². The Kier molecular flexibility index (Phi) is 2.38. The highest BCUT2D eigenvalue weighted by atomic mass is 32.1. The van der Waals surface area contributed by atoms with Gasteiger partial charge in [-0.25, -0.2) is 0 Å². The minimum absolute atomic E-state index is 0.253. The van der Waals surface area contributed by atoms with Crippen molar-refractivity contribution in [2.24, 2.45) is 0 Å². The fourth-order valence-corrected chi connectivity index (χ4v) is 2.82. The minimum atomic E-state index is 0.253. The maximum Gasteiger partial charge on any atom is 0.172 e. The van der Waals surface area contributed by atoms with Gasteiger partial charge in [0.1, 0.15) is 0 Å². The Bertz CT molecular complexity index is 482. The maximum absolute atomic E-state index is 11.6. The van der Waals surface area contributed by atoms with E-state index in [1.54, 1.807) is 11.3 Å². The van der Waals surface area contributed by atoms with Gasteiger partial charge < -0.3 is 0 Å². The third-order valence-corrected chi connectivity index (χ3v) is 3.73. The molecule has 0 saturated carbocycles. The molecule has 0 aliphatic heterocycles. The molecule has 0 aliphatic rings. The third-order valence-electron chi connectivity index (χ3n) is 2.42. The van der Waals surface area contributed by atoms with E-state index in [1.807, 2.05) is 26.0 Å². The molecule has 0 saturated heterocycles. The standard InChI is InChI=1S/C12H12OS/c1-3-10(13)12-8(2)9-6-4-5-7-11(9)14-12/h4-7H,3H2,1-2H3. The van der Waals surface area contributed by atoms with Crippen molar-refractivity contribution in [3.8, 4) is 0 Å². The van der Waals surface area contributed by atoms with Crippen LogP contribution in [0.1, 0.15) is 28.6 Å². The monoisotopic (exact) mass is 204 g/mol. The highest BCUT2D eigenvalue weighted by Crippen LogP contribution is 2.31. The van der Waals surface area contributed by atoms with Gasteiger partial charge in [0.2, 0.25) is 0 Å². The number of carbonyl (C=O) groups excluding carboxylic acids is 1. The van der Waals surface area contributed by atoms with E-state index in [0.717, 1.165) is 10.4 Å². The number of aryl methyl sites for hydroxylation is 1. The van der Waals surface area contributed by atoms with Crippen LogP contribution in [0.3, 0.4) is 0 Å². The molecule has 0 N–H and O–H groups in total. The van der Waals surface area contributed by atoms with Crippen LogP contribution in [-0.4, -0.2) is 5.78 Å². The number of Topliss-reactive ketones (excluding diaryl/α,β-unsaturated/α-hetero) is 1. The van der Waals surface area contributed by atoms with Gasteiger partial charge in [-0.2, -0.15) is 0 Å². The maximum atomic E-state index is 11.6. The minimum Gasteiger partial charge on any atom is -0.293 e. The second-order valence-corrected chi connectivity index (χ2v) is 4.38. The van der Waals surface area contributed by atoms with Gasteiger partial charge in [0, 0.05) is 11.1 Å². The predicted octanol–water partition coefficient (Wildman–Crippen LogP) is 3.80. The summed E-state index contributed by atoms with van der Waals surface area (Å²) in [5.41, 5.74) is 1.14. The van der Waals surface area contributed by atoms with Crippen molar-refractivity contribution in [3.63, 3.8) is 0 Å². The second-order valence-electron chi connectivity index (χ2n) is 3.33. The van der Waals surface area contributed by atoms with E-state index < -0.39 is 0 Å². The molecule has 0 spiro atoms. The number of rotatable bonds is 2. The quantitative estimate of drug-likeness (QED) is 0.680. The molecule has 1 aromatic heterocycles. The van der Waals surface area contributed by atoms with Crippen LogP contribution in [0.2, 0.25) is 0 Å². The van der Waals surface area contributed by atoms with E-state index in [0.29, 0.717) is 6.42 Å². The van der Waals surface area contributed by atoms with E-state index in [9.17, 15) is 4.79 Å². The van der Waals surface area contributed by atoms with Crippen LogP contribution in [0.5, 0.6) is 0 Å². The molecule has 0 radical (unpaired) electrons. The van der Waals surface area contributed by atoms with Crippen molar-refractivity contribution in [2.45, 2.75) is 20.3 Å². The number of hydrogen-bond donors (Lipinski definition) is 0. The SMILES string of the molecule is CCC(=O)c1sc2ccccc2c1C. The average Bonchev–Trinajstić information content (AvgIpc) is 2.56. The summed E-state index contributed by atoms with van der Waals surface area (Å²) in [6.45, 7) is 3.94. The number of carbonyl (C=O) groups is 1. The second kappa shape index (κ2) is 3.54. The van der Waals surface area contributed by atoms with Crippen LogP contribution in [0.25, 0.3) is 10.1 Å². The lowest BCUT2D eigenvalue weighted by Gasteiger charge is -1.93. The molecule has 14 heavy (non-hydrogen) atoms. The van der Waals surface area contributed by atoms with Crippen molar-refractivity contribution in [1.29, 1.82) is 0 Å². The lowest BCUT2D eigenvalue weighted by atomic mass is 10.1. The van der Waals surface area contributed by atoms with Crippen LogP contribution in [-0.2, 0) is 0 Å². The van der Waals surface area contributed by atoms with Crippen molar-refractivity contribution in [3.05, 3.63) is 34.7 Å². The Morgan fingerprint density at radius 2 is 2.07 bits per heavy atom. The van der Waals surface area contributed by atoms with Crippen molar-refractivity contribution < 1.29 is 4.79 Å². The first-order chi connectivity index (χ1) is 6.74. The summed E-state index contributed by atoms with van der Waals surface area (Å²) in [6.07, 6.45) is 0.591. The summed E-state index contributed by atoms with van der Waals surface area (Å²) in [5.74, 6) is 0.253. The molecule has 1 nitrogen and oxygen atoms in total. The first kappa shape index (κ1) is 9.41. The molecule has 2 aromatic rings. The van der Waals surface area contributed by atoms with Gasteiger partial charge in [-0.05, 0) is 23.9 Å². The fourth-order valence-electron chi connectivity index (χ4n) is 1.60. The van der Waals surface area contributed by atoms with E-state index in [4.69, 9.17) is 0 Å². The van der Waals surface area contributed by atoms with E-state index in [2.05, 4.69) is 12.1 Å². The number of ketones is 1. The first-order valence-electron chi connectivity index (χ1n) is 4.75. The van der Waals surface area contributed by atoms with Gasteiger partial charge in [0.15, 0.2) is 5.78 Å². The van der Waals surface area contributed by atoms with Crippen LogP contribution in [0, 0.1) is 6.92 Å². The van der Waals surface area contributed by atoms with Crippen LogP contribution in [0.15, 0.2) is 24.3 Å². The Labute approximate surface area is 87.4 Å². The van der Waals surface area contributed by atoms with E-state index in [-0.39, 0.29) is 5.78 Å². The van der Waals surface area contributed by atoms with Crippen molar-refractivity contribution in [1.82, 2.24) is 0 Å². The Hall–Kier alpha value is -1.15. The molecule has 2 heteroatoms. The predicted molar refractivity (Wildman–Crippen MR) is 61.2 cm³/mol. The summed E-state index contributed by atoms with van der Waals surface area (Å²) in [4.78, 5) is 12.5. The summed E-state index contributed by atoms with van der Waals surface area (Å²) in [6, 6.07) is 8.17. The number of thiophene rings is 1. The van der Waals surface area contributed by atoms with Gasteiger partial charge in [0.25, 0.3) is 0 Å². The Balaban J connectivity index is 2.68. The number of fused-ring (bicyclic) bond motifs is 1. The van der Waals surface area contributed by atoms with Crippen LogP contribution in [0.4, 0.5) is 0 Å². The molecule has 0 amide bonds. The van der Waals surface area contributed by atoms with Gasteiger partial charge in [-0.3, -0.25) is 4.79 Å². The smallest absolute Gasteiger partial charge is 0.172 e. The summed E-state index contributed by atoms with van der Waals surface area (Å²) in [5, 5.41) is 1.22. The zero-order valence-corrected chi connectivity index (χ0v) is 9.15. The van der Waals surface area contributed by atoms with Gasteiger partial charge in [-0.1, -0.05) is 25.1 Å². The molecule has 72 valence electrons. The average molecular weight is 204 g/mol. The first-order valence-corrected chi connectivity index (χ1v) is 5.57. The highest BCUT2D eigenvalue weighted by Gasteiger charge is 2.12. The molecular formula is C12H12OS. The third kappa shape index (κ3) is 1.36. The summed E-state index contributed by atoms with van der Waals surface area (Å²) in [7, 11) is 0. The number of benzene rings is 1. The van der Waals surface area contributed by atoms with E-state index >= 15 is 0 Å². The zero-order valence-electron chi connectivity index (χ0n) is 8.33. The lowest BCUT2D eigenvalue weighted by molar-refractivity contribution is 0.0991. The molecular weight excluding hydrogens is 192 g/mol. The van der Waals surface area contributed by atoms with Crippen LogP contribution >= 0.6 is 11.3 Å². The molecule has 0 unspecified atom stereocenters. The molecule has 0 fully saturated rings. The molecule has 0 bridgehead atoms. The zero-order chi connectivity index (χ0) is 10.1. The number of hydrogen-bond acceptors (Lipinski definition) is 2. The largest absolute Gasteiger partial charge is 0.293 e.